The molecule has 0 atom stereocenters. The fraction of sp³-hybridized carbons (Fsp3) is 0.415. The van der Waals surface area contributed by atoms with Crippen LogP contribution in [0, 0.1) is 83.1 Å². The van der Waals surface area contributed by atoms with E-state index in [1.165, 1.54) is 42.3 Å². The van der Waals surface area contributed by atoms with Crippen LogP contribution in [-0.4, -0.2) is 9.55 Å². The first-order chi connectivity index (χ1) is 22.2. The number of thiophene rings is 2. The molecule has 0 bridgehead atoms. The van der Waals surface area contributed by atoms with Crippen molar-refractivity contribution in [2.45, 2.75) is 111 Å². The summed E-state index contributed by atoms with van der Waals surface area (Å²) in [6.45, 7) is 32.5. The minimum absolute atomic E-state index is 0.984. The highest BCUT2D eigenvalue weighted by Gasteiger charge is 1.91. The molecule has 0 aliphatic heterocycles. The van der Waals surface area contributed by atoms with Crippen molar-refractivity contribution >= 4 is 22.7 Å². The number of aromatic nitrogens is 2. The van der Waals surface area contributed by atoms with E-state index < -0.39 is 0 Å². The lowest BCUT2D eigenvalue weighted by atomic mass is 10.5. The van der Waals surface area contributed by atoms with E-state index in [0.29, 0.717) is 0 Å². The molecule has 0 amide bonds. The summed E-state index contributed by atoms with van der Waals surface area (Å²) in [5, 5.41) is 0. The van der Waals surface area contributed by atoms with Crippen molar-refractivity contribution in [1.29, 1.82) is 0 Å². The molecule has 0 aliphatic rings. The summed E-state index contributed by atoms with van der Waals surface area (Å²) in [4.78, 5) is 8.74. The van der Waals surface area contributed by atoms with E-state index in [1.807, 2.05) is 116 Å². The van der Waals surface area contributed by atoms with Gasteiger partial charge in [0.15, 0.2) is 0 Å². The molecule has 0 saturated heterocycles. The Labute approximate surface area is 295 Å². The molecular formula is C41H64N2O2S2. The van der Waals surface area contributed by atoms with E-state index in [4.69, 9.17) is 8.83 Å². The summed E-state index contributed by atoms with van der Waals surface area (Å²) in [6, 6.07) is 24.7. The molecule has 0 unspecified atom stereocenters. The molecule has 6 heteroatoms. The van der Waals surface area contributed by atoms with Gasteiger partial charge in [-0.25, -0.2) is 0 Å². The zero-order valence-electron chi connectivity index (χ0n) is 32.5. The lowest BCUT2D eigenvalue weighted by Crippen LogP contribution is -1.91. The summed E-state index contributed by atoms with van der Waals surface area (Å²) >= 11 is 3.69. The van der Waals surface area contributed by atoms with Gasteiger partial charge in [-0.15, -0.1) is 22.7 Å². The molecule has 0 spiro atoms. The van der Waals surface area contributed by atoms with Crippen molar-refractivity contribution in [3.63, 3.8) is 0 Å². The van der Waals surface area contributed by atoms with Crippen molar-refractivity contribution < 1.29 is 8.83 Å². The van der Waals surface area contributed by atoms with Gasteiger partial charge in [0.05, 0.1) is 0 Å². The van der Waals surface area contributed by atoms with Gasteiger partial charge in [0.2, 0.25) is 0 Å². The SMILES string of the molecule is CC.CC.Cc1ccc(C)[nH]1.Cc1ccc(C)n1C.Cc1ccc(C)o1.Cc1ccc(C)o1.Cc1ccc(C)s1.Cc1ccc(C)s1. The Kier molecular flexibility index (Phi) is 25.8. The largest absolute Gasteiger partial charge is 0.467 e. The van der Waals surface area contributed by atoms with Gasteiger partial charge in [-0.3, -0.25) is 0 Å². The van der Waals surface area contributed by atoms with Crippen LogP contribution in [-0.2, 0) is 7.05 Å². The third-order valence-electron chi connectivity index (χ3n) is 6.10. The Hall–Kier alpha value is -3.48. The maximum absolute atomic E-state index is 5.08. The van der Waals surface area contributed by atoms with Crippen LogP contribution in [0.5, 0.6) is 0 Å². The first-order valence-electron chi connectivity index (χ1n) is 16.5. The quantitative estimate of drug-likeness (QED) is 0.174. The van der Waals surface area contributed by atoms with Gasteiger partial charge in [0.1, 0.15) is 23.0 Å². The number of nitrogens with zero attached hydrogens (tertiary/aromatic N) is 1. The average molecular weight is 681 g/mol. The average Bonchev–Trinajstić information content (AvgIpc) is 3.90. The minimum Gasteiger partial charge on any atom is -0.467 e. The first kappa shape index (κ1) is 45.6. The van der Waals surface area contributed by atoms with E-state index in [1.54, 1.807) is 0 Å². The van der Waals surface area contributed by atoms with Crippen LogP contribution in [0.25, 0.3) is 0 Å². The van der Waals surface area contributed by atoms with Gasteiger partial charge >= 0.3 is 0 Å². The Morgan fingerprint density at radius 2 is 0.660 bits per heavy atom. The van der Waals surface area contributed by atoms with Crippen LogP contribution in [0.3, 0.4) is 0 Å². The van der Waals surface area contributed by atoms with Gasteiger partial charge in [-0.05, 0) is 156 Å². The molecular weight excluding hydrogens is 617 g/mol. The monoisotopic (exact) mass is 680 g/mol. The summed E-state index contributed by atoms with van der Waals surface area (Å²) in [7, 11) is 2.07. The number of H-pyrrole nitrogens is 1. The second-order valence-electron chi connectivity index (χ2n) is 10.6. The van der Waals surface area contributed by atoms with Crippen LogP contribution in [0.1, 0.15) is 93.0 Å². The van der Waals surface area contributed by atoms with E-state index in [0.717, 1.165) is 23.0 Å². The van der Waals surface area contributed by atoms with Crippen LogP contribution in [0.15, 0.2) is 81.6 Å². The minimum atomic E-state index is 0.984. The third-order valence-corrected chi connectivity index (χ3v) is 7.93. The Bertz CT molecular complexity index is 1250. The highest BCUT2D eigenvalue weighted by molar-refractivity contribution is 7.12. The molecule has 1 N–H and O–H groups in total. The number of aromatic amines is 1. The lowest BCUT2D eigenvalue weighted by molar-refractivity contribution is 0.504. The molecule has 47 heavy (non-hydrogen) atoms. The Morgan fingerprint density at radius 1 is 0.404 bits per heavy atom. The summed E-state index contributed by atoms with van der Waals surface area (Å²) in [6.07, 6.45) is 0. The van der Waals surface area contributed by atoms with E-state index in [-0.39, 0.29) is 0 Å². The highest BCUT2D eigenvalue weighted by Crippen LogP contribution is 2.13. The normalized spacial score (nSPS) is 8.96. The summed E-state index contributed by atoms with van der Waals surface area (Å²) in [5.41, 5.74) is 5.11. The Morgan fingerprint density at radius 3 is 0.745 bits per heavy atom. The fourth-order valence-electron chi connectivity index (χ4n) is 3.61. The molecule has 0 aliphatic carbocycles. The van der Waals surface area contributed by atoms with E-state index in [2.05, 4.69) is 107 Å². The molecule has 6 aromatic heterocycles. The fourth-order valence-corrected chi connectivity index (χ4v) is 5.17. The number of hydrogen-bond acceptors (Lipinski definition) is 4. The summed E-state index contributed by atoms with van der Waals surface area (Å²) < 4.78 is 12.3. The number of nitrogens with one attached hydrogen (secondary N) is 1. The molecule has 0 aromatic carbocycles. The molecule has 262 valence electrons. The predicted molar refractivity (Wildman–Crippen MR) is 212 cm³/mol. The topological polar surface area (TPSA) is 47.0 Å². The second-order valence-corrected chi connectivity index (χ2v) is 13.6. The van der Waals surface area contributed by atoms with Gasteiger partial charge in [0, 0.05) is 49.3 Å². The molecule has 6 heterocycles. The van der Waals surface area contributed by atoms with E-state index >= 15 is 0 Å². The van der Waals surface area contributed by atoms with Gasteiger partial charge in [-0.1, -0.05) is 27.7 Å². The van der Waals surface area contributed by atoms with Crippen LogP contribution in [0.2, 0.25) is 0 Å². The van der Waals surface area contributed by atoms with Crippen LogP contribution < -0.4 is 0 Å². The maximum Gasteiger partial charge on any atom is 0.101 e. The van der Waals surface area contributed by atoms with Gasteiger partial charge in [0.25, 0.3) is 0 Å². The van der Waals surface area contributed by atoms with Crippen molar-refractivity contribution in [3.8, 4) is 0 Å². The predicted octanol–water partition coefficient (Wildman–Crippen LogP) is 13.8. The highest BCUT2D eigenvalue weighted by atomic mass is 32.1. The van der Waals surface area contributed by atoms with Gasteiger partial charge in [-0.2, -0.15) is 0 Å². The zero-order valence-corrected chi connectivity index (χ0v) is 34.1. The standard InChI is InChI=1S/C7H11N.C6H9N.2C6H8O.2C6H8S.2C2H6/c1-6-4-5-7(2)8(6)3;5*1-5-3-4-6(2)7-5;2*1-2/h4-5H,1-3H3;3-4,7H,1-2H3;4*3-4H,1-2H3;2*1-2H3. The smallest absolute Gasteiger partial charge is 0.101 e. The molecule has 0 saturated carbocycles. The molecule has 0 fully saturated rings. The first-order valence-corrected chi connectivity index (χ1v) is 18.1. The number of hydrogen-bond donors (Lipinski definition) is 1. The molecule has 6 rings (SSSR count). The van der Waals surface area contributed by atoms with Gasteiger partial charge < -0.3 is 18.4 Å². The molecule has 6 aromatic rings. The number of rotatable bonds is 0. The second kappa shape index (κ2) is 26.6. The molecule has 4 nitrogen and oxygen atoms in total. The maximum atomic E-state index is 5.08. The van der Waals surface area contributed by atoms with Crippen molar-refractivity contribution in [3.05, 3.63) is 138 Å². The lowest BCUT2D eigenvalue weighted by Gasteiger charge is -1.96. The molecule has 0 radical (unpaired) electrons. The zero-order chi connectivity index (χ0) is 36.5. The number of aryl methyl sites for hydroxylation is 12. The van der Waals surface area contributed by atoms with Crippen LogP contribution in [0.4, 0.5) is 0 Å². The van der Waals surface area contributed by atoms with E-state index in [9.17, 15) is 0 Å². The van der Waals surface area contributed by atoms with Crippen molar-refractivity contribution in [2.24, 2.45) is 7.05 Å². The Balaban J connectivity index is 0. The van der Waals surface area contributed by atoms with Crippen LogP contribution >= 0.6 is 22.7 Å². The summed E-state index contributed by atoms with van der Waals surface area (Å²) in [5.74, 6) is 3.94. The van der Waals surface area contributed by atoms with Crippen molar-refractivity contribution in [1.82, 2.24) is 9.55 Å². The third kappa shape index (κ3) is 23.5. The van der Waals surface area contributed by atoms with Crippen molar-refractivity contribution in [2.75, 3.05) is 0 Å². The number of furan rings is 2.